The summed E-state index contributed by atoms with van der Waals surface area (Å²) in [5, 5.41) is 5.20. The quantitative estimate of drug-likeness (QED) is 0.814. The molecule has 1 fully saturated rings. The fraction of sp³-hybridized carbons (Fsp3) is 0.368. The van der Waals surface area contributed by atoms with Gasteiger partial charge in [-0.05, 0) is 17.0 Å². The summed E-state index contributed by atoms with van der Waals surface area (Å²) in [7, 11) is 0. The molecule has 0 spiro atoms. The Bertz CT molecular complexity index is 712. The van der Waals surface area contributed by atoms with Crippen molar-refractivity contribution in [3.05, 3.63) is 58.3 Å². The average molecular weight is 372 g/mol. The van der Waals surface area contributed by atoms with Crippen molar-refractivity contribution in [1.82, 2.24) is 15.1 Å². The Morgan fingerprint density at radius 3 is 2.42 bits per heavy atom. The van der Waals surface area contributed by atoms with E-state index in [1.54, 1.807) is 11.3 Å². The average Bonchev–Trinajstić information content (AvgIpc) is 3.20. The van der Waals surface area contributed by atoms with E-state index in [1.165, 1.54) is 0 Å². The number of nitrogens with two attached hydrogens (primary N) is 1. The molecule has 6 nitrogen and oxygen atoms in total. The first-order valence-corrected chi connectivity index (χ1v) is 9.66. The zero-order valence-corrected chi connectivity index (χ0v) is 15.5. The molecule has 1 atom stereocenters. The summed E-state index contributed by atoms with van der Waals surface area (Å²) in [6.45, 7) is 3.48. The lowest BCUT2D eigenvalue weighted by molar-refractivity contribution is -0.118. The fourth-order valence-corrected chi connectivity index (χ4v) is 3.88. The van der Waals surface area contributed by atoms with Gasteiger partial charge in [-0.25, -0.2) is 4.79 Å². The number of carbonyl (C=O) groups is 2. The Kier molecular flexibility index (Phi) is 6.25. The van der Waals surface area contributed by atoms with E-state index in [1.807, 2.05) is 52.7 Å². The molecule has 2 aromatic rings. The number of piperazine rings is 1. The Morgan fingerprint density at radius 1 is 1.08 bits per heavy atom. The summed E-state index contributed by atoms with van der Waals surface area (Å²) < 4.78 is 0. The molecule has 26 heavy (non-hydrogen) atoms. The molecule has 3 N–H and O–H groups in total. The van der Waals surface area contributed by atoms with E-state index in [-0.39, 0.29) is 18.0 Å². The normalized spacial score (nSPS) is 16.2. The standard InChI is InChI=1S/C19H24N4O2S/c20-17(24)8-9-22-10-12-23(13-11-22)19(25)21-18(16-7-4-14-26-16)15-5-2-1-3-6-15/h1-7,14,18H,8-13H2,(H2,20,24)(H,21,25)/t18-/m0/s1. The van der Waals surface area contributed by atoms with Gasteiger partial charge in [-0.3, -0.25) is 9.69 Å². The molecule has 1 aromatic carbocycles. The molecule has 0 bridgehead atoms. The second kappa shape index (κ2) is 8.82. The Hall–Kier alpha value is -2.38. The molecule has 2 heterocycles. The van der Waals surface area contributed by atoms with Gasteiger partial charge >= 0.3 is 6.03 Å². The van der Waals surface area contributed by atoms with Crippen molar-refractivity contribution in [2.75, 3.05) is 32.7 Å². The van der Waals surface area contributed by atoms with Crippen LogP contribution in [0.4, 0.5) is 4.79 Å². The highest BCUT2D eigenvalue weighted by molar-refractivity contribution is 7.10. The largest absolute Gasteiger partial charge is 0.370 e. The first-order chi connectivity index (χ1) is 12.6. The molecule has 0 radical (unpaired) electrons. The number of rotatable bonds is 6. The van der Waals surface area contributed by atoms with E-state index in [0.29, 0.717) is 26.1 Å². The van der Waals surface area contributed by atoms with Gasteiger partial charge in [0.1, 0.15) is 0 Å². The van der Waals surface area contributed by atoms with Crippen molar-refractivity contribution < 1.29 is 9.59 Å². The number of urea groups is 1. The number of amides is 3. The third-order valence-corrected chi connectivity index (χ3v) is 5.50. The number of benzene rings is 1. The highest BCUT2D eigenvalue weighted by Gasteiger charge is 2.24. The maximum absolute atomic E-state index is 12.8. The highest BCUT2D eigenvalue weighted by Crippen LogP contribution is 2.26. The van der Waals surface area contributed by atoms with Crippen LogP contribution in [0.2, 0.25) is 0 Å². The lowest BCUT2D eigenvalue weighted by atomic mass is 10.1. The number of nitrogens with zero attached hydrogens (tertiary/aromatic N) is 2. The predicted octanol–water partition coefficient (Wildman–Crippen LogP) is 2.04. The van der Waals surface area contributed by atoms with Gasteiger partial charge in [-0.15, -0.1) is 11.3 Å². The van der Waals surface area contributed by atoms with Crippen LogP contribution in [-0.4, -0.2) is 54.5 Å². The molecule has 0 aliphatic carbocycles. The van der Waals surface area contributed by atoms with Crippen LogP contribution in [0.15, 0.2) is 47.8 Å². The van der Waals surface area contributed by atoms with Gasteiger partial charge in [0.25, 0.3) is 0 Å². The fourth-order valence-electron chi connectivity index (χ4n) is 3.08. The number of primary amides is 1. The minimum atomic E-state index is -0.285. The van der Waals surface area contributed by atoms with Gasteiger partial charge in [-0.1, -0.05) is 36.4 Å². The molecular formula is C19H24N4O2S. The third kappa shape index (κ3) is 4.83. The summed E-state index contributed by atoms with van der Waals surface area (Å²) in [5.41, 5.74) is 6.28. The minimum Gasteiger partial charge on any atom is -0.370 e. The second-order valence-electron chi connectivity index (χ2n) is 6.35. The van der Waals surface area contributed by atoms with Crippen LogP contribution in [0, 0.1) is 0 Å². The summed E-state index contributed by atoms with van der Waals surface area (Å²) in [6.07, 6.45) is 0.362. The molecule has 138 valence electrons. The first-order valence-electron chi connectivity index (χ1n) is 8.78. The molecule has 3 rings (SSSR count). The van der Waals surface area contributed by atoms with Gasteiger partial charge < -0.3 is 16.0 Å². The number of carbonyl (C=O) groups excluding carboxylic acids is 2. The van der Waals surface area contributed by atoms with Crippen LogP contribution in [0.25, 0.3) is 0 Å². The maximum atomic E-state index is 12.8. The van der Waals surface area contributed by atoms with Gasteiger partial charge in [-0.2, -0.15) is 0 Å². The Balaban J connectivity index is 1.60. The number of hydrogen-bond acceptors (Lipinski definition) is 4. The Morgan fingerprint density at radius 2 is 1.81 bits per heavy atom. The van der Waals surface area contributed by atoms with E-state index >= 15 is 0 Å². The topological polar surface area (TPSA) is 78.7 Å². The molecule has 0 unspecified atom stereocenters. The maximum Gasteiger partial charge on any atom is 0.318 e. The van der Waals surface area contributed by atoms with Gasteiger partial charge in [0.2, 0.25) is 5.91 Å². The van der Waals surface area contributed by atoms with Crippen molar-refractivity contribution in [3.8, 4) is 0 Å². The van der Waals surface area contributed by atoms with E-state index in [9.17, 15) is 9.59 Å². The van der Waals surface area contributed by atoms with Crippen LogP contribution >= 0.6 is 11.3 Å². The highest BCUT2D eigenvalue weighted by atomic mass is 32.1. The molecule has 7 heteroatoms. The zero-order valence-electron chi connectivity index (χ0n) is 14.6. The summed E-state index contributed by atoms with van der Waals surface area (Å²) in [4.78, 5) is 28.8. The SMILES string of the molecule is NC(=O)CCN1CCN(C(=O)N[C@@H](c2ccccc2)c2cccs2)CC1. The lowest BCUT2D eigenvalue weighted by Gasteiger charge is -2.35. The number of hydrogen-bond donors (Lipinski definition) is 2. The smallest absolute Gasteiger partial charge is 0.318 e. The van der Waals surface area contributed by atoms with Crippen molar-refractivity contribution in [1.29, 1.82) is 0 Å². The van der Waals surface area contributed by atoms with Crippen LogP contribution < -0.4 is 11.1 Å². The summed E-state index contributed by atoms with van der Waals surface area (Å²) in [5.74, 6) is -0.285. The van der Waals surface area contributed by atoms with E-state index in [4.69, 9.17) is 5.73 Å². The van der Waals surface area contributed by atoms with Crippen LogP contribution in [0.5, 0.6) is 0 Å². The van der Waals surface area contributed by atoms with Gasteiger partial charge in [0, 0.05) is 44.0 Å². The molecule has 1 aromatic heterocycles. The molecule has 1 aliphatic heterocycles. The van der Waals surface area contributed by atoms with Crippen LogP contribution in [0.3, 0.4) is 0 Å². The van der Waals surface area contributed by atoms with Gasteiger partial charge in [0.05, 0.1) is 6.04 Å². The van der Waals surface area contributed by atoms with Crippen molar-refractivity contribution in [2.45, 2.75) is 12.5 Å². The van der Waals surface area contributed by atoms with Crippen LogP contribution in [-0.2, 0) is 4.79 Å². The Labute approximate surface area is 157 Å². The molecule has 1 saturated heterocycles. The molecular weight excluding hydrogens is 348 g/mol. The first kappa shape index (κ1) is 18.4. The monoisotopic (exact) mass is 372 g/mol. The molecule has 3 amide bonds. The predicted molar refractivity (Wildman–Crippen MR) is 103 cm³/mol. The third-order valence-electron chi connectivity index (χ3n) is 4.56. The van der Waals surface area contributed by atoms with Crippen molar-refractivity contribution >= 4 is 23.3 Å². The van der Waals surface area contributed by atoms with E-state index < -0.39 is 0 Å². The summed E-state index contributed by atoms with van der Waals surface area (Å²) >= 11 is 1.64. The number of nitrogens with one attached hydrogen (secondary N) is 1. The second-order valence-corrected chi connectivity index (χ2v) is 7.33. The van der Waals surface area contributed by atoms with E-state index in [2.05, 4.69) is 10.2 Å². The van der Waals surface area contributed by atoms with Crippen molar-refractivity contribution in [2.24, 2.45) is 5.73 Å². The van der Waals surface area contributed by atoms with Gasteiger partial charge in [0.15, 0.2) is 0 Å². The molecule has 1 aliphatic rings. The van der Waals surface area contributed by atoms with Crippen LogP contribution in [0.1, 0.15) is 22.9 Å². The zero-order chi connectivity index (χ0) is 18.4. The van der Waals surface area contributed by atoms with Crippen molar-refractivity contribution in [3.63, 3.8) is 0 Å². The molecule has 0 saturated carbocycles. The number of thiophene rings is 1. The summed E-state index contributed by atoms with van der Waals surface area (Å²) in [6, 6.07) is 13.9. The van der Waals surface area contributed by atoms with E-state index in [0.717, 1.165) is 23.5 Å². The lowest BCUT2D eigenvalue weighted by Crippen LogP contribution is -2.52. The minimum absolute atomic E-state index is 0.0539.